The van der Waals surface area contributed by atoms with Crippen molar-refractivity contribution in [2.24, 2.45) is 0 Å². The largest absolute Gasteiger partial charge is 0.497 e. The Hall–Kier alpha value is -1.26. The Bertz CT molecular complexity index is 393. The lowest BCUT2D eigenvalue weighted by Gasteiger charge is -2.19. The van der Waals surface area contributed by atoms with Crippen LogP contribution in [0.4, 0.5) is 0 Å². The van der Waals surface area contributed by atoms with Gasteiger partial charge in [-0.2, -0.15) is 0 Å². The van der Waals surface area contributed by atoms with Gasteiger partial charge in [-0.3, -0.25) is 0 Å². The van der Waals surface area contributed by atoms with Gasteiger partial charge < -0.3 is 19.5 Å². The Balaban J connectivity index is 2.73. The second-order valence-corrected chi connectivity index (χ2v) is 4.95. The van der Waals surface area contributed by atoms with E-state index < -0.39 is 0 Å². The molecule has 20 heavy (non-hydrogen) atoms. The maximum absolute atomic E-state index is 5.85. The molecule has 1 aromatic carbocycles. The predicted molar refractivity (Wildman–Crippen MR) is 81.7 cm³/mol. The fraction of sp³-hybridized carbons (Fsp3) is 0.625. The van der Waals surface area contributed by atoms with Gasteiger partial charge in [-0.25, -0.2) is 0 Å². The zero-order valence-corrected chi connectivity index (χ0v) is 13.2. The highest BCUT2D eigenvalue weighted by atomic mass is 16.5. The Morgan fingerprint density at radius 1 is 1.15 bits per heavy atom. The van der Waals surface area contributed by atoms with Crippen LogP contribution in [0, 0.1) is 0 Å². The number of hydrogen-bond donors (Lipinski definition) is 1. The van der Waals surface area contributed by atoms with E-state index in [1.54, 1.807) is 7.11 Å². The van der Waals surface area contributed by atoms with Crippen molar-refractivity contribution in [1.29, 1.82) is 0 Å². The molecule has 1 aromatic rings. The lowest BCUT2D eigenvalue weighted by atomic mass is 10.1. The van der Waals surface area contributed by atoms with E-state index in [1.807, 2.05) is 32.0 Å². The second-order valence-electron chi connectivity index (χ2n) is 4.95. The zero-order valence-electron chi connectivity index (χ0n) is 13.2. The summed E-state index contributed by atoms with van der Waals surface area (Å²) in [5.41, 5.74) is 1.14. The summed E-state index contributed by atoms with van der Waals surface area (Å²) >= 11 is 0. The van der Waals surface area contributed by atoms with E-state index in [2.05, 4.69) is 19.2 Å². The van der Waals surface area contributed by atoms with Crippen molar-refractivity contribution in [2.75, 3.05) is 26.9 Å². The van der Waals surface area contributed by atoms with Crippen LogP contribution in [0.2, 0.25) is 0 Å². The molecule has 1 rings (SSSR count). The number of ether oxygens (including phenoxy) is 3. The maximum atomic E-state index is 5.85. The van der Waals surface area contributed by atoms with E-state index >= 15 is 0 Å². The molecule has 0 heterocycles. The minimum Gasteiger partial charge on any atom is -0.497 e. The van der Waals surface area contributed by atoms with Gasteiger partial charge in [-0.15, -0.1) is 0 Å². The minimum atomic E-state index is 0.226. The van der Waals surface area contributed by atoms with Crippen LogP contribution >= 0.6 is 0 Å². The molecule has 0 aromatic heterocycles. The quantitative estimate of drug-likeness (QED) is 0.706. The minimum absolute atomic E-state index is 0.226. The normalized spacial score (nSPS) is 12.5. The smallest absolute Gasteiger partial charge is 0.127 e. The maximum Gasteiger partial charge on any atom is 0.127 e. The molecular formula is C16H27NO3. The molecule has 0 saturated carbocycles. The van der Waals surface area contributed by atoms with Crippen LogP contribution in [0.15, 0.2) is 18.2 Å². The third-order valence-corrected chi connectivity index (χ3v) is 2.99. The molecule has 114 valence electrons. The van der Waals surface area contributed by atoms with Crippen molar-refractivity contribution >= 4 is 0 Å². The predicted octanol–water partition coefficient (Wildman–Crippen LogP) is 3.17. The molecule has 1 atom stereocenters. The lowest BCUT2D eigenvalue weighted by molar-refractivity contribution is 0.0549. The van der Waals surface area contributed by atoms with E-state index in [1.165, 1.54) is 0 Å². The molecular weight excluding hydrogens is 254 g/mol. The van der Waals surface area contributed by atoms with E-state index in [4.69, 9.17) is 14.2 Å². The van der Waals surface area contributed by atoms with Crippen molar-refractivity contribution in [3.05, 3.63) is 23.8 Å². The van der Waals surface area contributed by atoms with Gasteiger partial charge in [0.05, 0.1) is 19.8 Å². The van der Waals surface area contributed by atoms with Crippen LogP contribution in [0.1, 0.15) is 39.3 Å². The summed E-state index contributed by atoms with van der Waals surface area (Å²) in [7, 11) is 1.66. The molecule has 0 spiro atoms. The van der Waals surface area contributed by atoms with Crippen LogP contribution < -0.4 is 14.8 Å². The first-order valence-corrected chi connectivity index (χ1v) is 7.24. The van der Waals surface area contributed by atoms with Crippen molar-refractivity contribution in [1.82, 2.24) is 5.32 Å². The summed E-state index contributed by atoms with van der Waals surface area (Å²) in [6.07, 6.45) is 0.226. The van der Waals surface area contributed by atoms with Gasteiger partial charge in [-0.05, 0) is 33.4 Å². The Kier molecular flexibility index (Phi) is 7.41. The number of rotatable bonds is 9. The fourth-order valence-corrected chi connectivity index (χ4v) is 1.98. The highest BCUT2D eigenvalue weighted by Crippen LogP contribution is 2.29. The molecule has 0 radical (unpaired) electrons. The number of hydrogen-bond acceptors (Lipinski definition) is 4. The Labute approximate surface area is 122 Å². The van der Waals surface area contributed by atoms with E-state index in [-0.39, 0.29) is 12.1 Å². The molecule has 4 nitrogen and oxygen atoms in total. The van der Waals surface area contributed by atoms with Crippen LogP contribution in [-0.2, 0) is 4.74 Å². The molecule has 0 fully saturated rings. The highest BCUT2D eigenvalue weighted by molar-refractivity contribution is 5.42. The fourth-order valence-electron chi connectivity index (χ4n) is 1.98. The summed E-state index contributed by atoms with van der Waals surface area (Å²) in [6.45, 7) is 10.3. The van der Waals surface area contributed by atoms with E-state index in [0.717, 1.165) is 23.6 Å². The molecule has 0 aliphatic rings. The van der Waals surface area contributed by atoms with Gasteiger partial charge in [0.25, 0.3) is 0 Å². The van der Waals surface area contributed by atoms with Gasteiger partial charge in [0.2, 0.25) is 0 Å². The summed E-state index contributed by atoms with van der Waals surface area (Å²) in [5, 5.41) is 3.40. The summed E-state index contributed by atoms with van der Waals surface area (Å²) in [6, 6.07) is 6.18. The van der Waals surface area contributed by atoms with Crippen LogP contribution in [0.5, 0.6) is 11.5 Å². The molecule has 1 N–H and O–H groups in total. The van der Waals surface area contributed by atoms with Gasteiger partial charge in [0.15, 0.2) is 0 Å². The summed E-state index contributed by atoms with van der Waals surface area (Å²) < 4.78 is 16.6. The molecule has 0 aliphatic carbocycles. The number of benzene rings is 1. The van der Waals surface area contributed by atoms with E-state index in [0.29, 0.717) is 13.2 Å². The average Bonchev–Trinajstić information content (AvgIpc) is 2.43. The van der Waals surface area contributed by atoms with Crippen molar-refractivity contribution in [3.63, 3.8) is 0 Å². The molecule has 0 aliphatic heterocycles. The van der Waals surface area contributed by atoms with Gasteiger partial charge in [0.1, 0.15) is 18.1 Å². The van der Waals surface area contributed by atoms with Crippen LogP contribution in [0.3, 0.4) is 0 Å². The first-order valence-electron chi connectivity index (χ1n) is 7.24. The Morgan fingerprint density at radius 3 is 2.50 bits per heavy atom. The second kappa shape index (κ2) is 8.82. The van der Waals surface area contributed by atoms with Crippen molar-refractivity contribution in [2.45, 2.75) is 39.8 Å². The summed E-state index contributed by atoms with van der Waals surface area (Å²) in [4.78, 5) is 0. The number of methoxy groups -OCH3 is 1. The van der Waals surface area contributed by atoms with Crippen molar-refractivity contribution in [3.8, 4) is 11.5 Å². The third-order valence-electron chi connectivity index (χ3n) is 2.99. The summed E-state index contributed by atoms with van der Waals surface area (Å²) in [5.74, 6) is 1.65. The third kappa shape index (κ3) is 5.39. The first kappa shape index (κ1) is 16.8. The first-order chi connectivity index (χ1) is 9.58. The monoisotopic (exact) mass is 281 g/mol. The van der Waals surface area contributed by atoms with Gasteiger partial charge in [0, 0.05) is 17.7 Å². The topological polar surface area (TPSA) is 39.7 Å². The molecule has 0 saturated heterocycles. The van der Waals surface area contributed by atoms with Crippen LogP contribution in [-0.4, -0.2) is 33.0 Å². The molecule has 4 heteroatoms. The molecule has 0 amide bonds. The average molecular weight is 281 g/mol. The van der Waals surface area contributed by atoms with Crippen molar-refractivity contribution < 1.29 is 14.2 Å². The zero-order chi connectivity index (χ0) is 15.0. The highest BCUT2D eigenvalue weighted by Gasteiger charge is 2.12. The molecule has 0 bridgehead atoms. The lowest BCUT2D eigenvalue weighted by Crippen LogP contribution is -2.19. The van der Waals surface area contributed by atoms with E-state index in [9.17, 15) is 0 Å². The molecule has 1 unspecified atom stereocenters. The Morgan fingerprint density at radius 2 is 1.90 bits per heavy atom. The SMILES string of the molecule is CCNC(C)c1ccc(OC)cc1OCCOC(C)C. The van der Waals surface area contributed by atoms with Gasteiger partial charge in [-0.1, -0.05) is 13.0 Å². The standard InChI is InChI=1S/C16H27NO3/c1-6-17-13(4)15-8-7-14(18-5)11-16(15)20-10-9-19-12(2)3/h7-8,11-13,17H,6,9-10H2,1-5H3. The number of nitrogens with one attached hydrogen (secondary N) is 1. The van der Waals surface area contributed by atoms with Gasteiger partial charge >= 0.3 is 0 Å². The van der Waals surface area contributed by atoms with Crippen LogP contribution in [0.25, 0.3) is 0 Å².